The summed E-state index contributed by atoms with van der Waals surface area (Å²) in [6.07, 6.45) is 4.70. The summed E-state index contributed by atoms with van der Waals surface area (Å²) in [5.41, 5.74) is 1.56. The summed E-state index contributed by atoms with van der Waals surface area (Å²) in [6, 6.07) is 5.76. The first kappa shape index (κ1) is 11.3. The summed E-state index contributed by atoms with van der Waals surface area (Å²) in [6.45, 7) is 2.85. The van der Waals surface area contributed by atoms with Crippen LogP contribution in [-0.2, 0) is 0 Å². The molecule has 1 aliphatic rings. The lowest BCUT2D eigenvalue weighted by atomic mass is 10.2. The zero-order chi connectivity index (χ0) is 11.6. The van der Waals surface area contributed by atoms with E-state index in [0.717, 1.165) is 18.1 Å². The molecule has 0 unspecified atom stereocenters. The van der Waals surface area contributed by atoms with Crippen molar-refractivity contribution in [2.24, 2.45) is 0 Å². The number of nitrogens with zero attached hydrogens (tertiary/aromatic N) is 2. The number of hydrogen-bond acceptors (Lipinski definition) is 4. The predicted octanol–water partition coefficient (Wildman–Crippen LogP) is 2.57. The van der Waals surface area contributed by atoms with Crippen LogP contribution >= 0.6 is 11.8 Å². The number of aryl methyl sites for hydroxylation is 1. The minimum atomic E-state index is 0.415. The molecule has 16 heavy (non-hydrogen) atoms. The van der Waals surface area contributed by atoms with Gasteiger partial charge in [0.1, 0.15) is 5.82 Å². The van der Waals surface area contributed by atoms with Gasteiger partial charge in [-0.3, -0.25) is 0 Å². The maximum Gasteiger partial charge on any atom is 0.127 e. The van der Waals surface area contributed by atoms with E-state index in [2.05, 4.69) is 22.6 Å². The van der Waals surface area contributed by atoms with E-state index >= 15 is 0 Å². The van der Waals surface area contributed by atoms with Crippen LogP contribution in [0.25, 0.3) is 0 Å². The van der Waals surface area contributed by atoms with Crippen LogP contribution in [-0.4, -0.2) is 22.5 Å². The van der Waals surface area contributed by atoms with Gasteiger partial charge >= 0.3 is 0 Å². The van der Waals surface area contributed by atoms with Crippen molar-refractivity contribution in [2.75, 3.05) is 18.1 Å². The molecular weight excluding hydrogens is 218 g/mol. The molecular formula is C12H15N3S. The van der Waals surface area contributed by atoms with Crippen LogP contribution in [0.4, 0.5) is 5.82 Å². The number of nitrogens with one attached hydrogen (secondary N) is 1. The Hall–Kier alpha value is -1.21. The topological polar surface area (TPSA) is 48.7 Å². The van der Waals surface area contributed by atoms with Crippen molar-refractivity contribution in [3.63, 3.8) is 0 Å². The molecule has 0 bridgehead atoms. The molecule has 0 aliphatic heterocycles. The van der Waals surface area contributed by atoms with Gasteiger partial charge in [-0.2, -0.15) is 17.0 Å². The van der Waals surface area contributed by atoms with Crippen molar-refractivity contribution in [1.82, 2.24) is 4.98 Å². The number of thioether (sulfide) groups is 1. The Morgan fingerprint density at radius 2 is 2.31 bits per heavy atom. The Bertz CT molecular complexity index is 432. The van der Waals surface area contributed by atoms with Crippen molar-refractivity contribution in [2.45, 2.75) is 24.5 Å². The monoisotopic (exact) mass is 233 g/mol. The van der Waals surface area contributed by atoms with Crippen LogP contribution in [0.3, 0.4) is 0 Å². The fourth-order valence-corrected chi connectivity index (χ4v) is 2.39. The first-order valence-electron chi connectivity index (χ1n) is 5.35. The Labute approximate surface area is 100 Å². The number of hydrogen-bond donors (Lipinski definition) is 1. The van der Waals surface area contributed by atoms with E-state index in [-0.39, 0.29) is 0 Å². The average molecular weight is 233 g/mol. The average Bonchev–Trinajstić information content (AvgIpc) is 3.06. The maximum atomic E-state index is 8.86. The lowest BCUT2D eigenvalue weighted by Gasteiger charge is -2.13. The number of pyridine rings is 1. The Morgan fingerprint density at radius 3 is 2.88 bits per heavy atom. The molecule has 1 fully saturated rings. The van der Waals surface area contributed by atoms with Crippen molar-refractivity contribution in [3.05, 3.63) is 23.4 Å². The molecule has 3 nitrogen and oxygen atoms in total. The van der Waals surface area contributed by atoms with Crippen LogP contribution in [0.1, 0.15) is 24.1 Å². The van der Waals surface area contributed by atoms with E-state index in [9.17, 15) is 0 Å². The van der Waals surface area contributed by atoms with Gasteiger partial charge in [-0.05, 0) is 38.2 Å². The maximum absolute atomic E-state index is 8.86. The Morgan fingerprint density at radius 1 is 1.56 bits per heavy atom. The minimum absolute atomic E-state index is 0.415. The molecule has 1 heterocycles. The SMILES string of the molecule is CSC1(CNc2cc(C#N)cc(C)n2)CC1. The molecule has 0 saturated heterocycles. The van der Waals surface area contributed by atoms with Gasteiger partial charge < -0.3 is 5.32 Å². The second-order valence-electron chi connectivity index (χ2n) is 4.23. The van der Waals surface area contributed by atoms with Crippen LogP contribution in [0, 0.1) is 18.3 Å². The number of rotatable bonds is 4. The molecule has 0 atom stereocenters. The normalized spacial score (nSPS) is 16.6. The third-order valence-corrected chi connectivity index (χ3v) is 4.33. The minimum Gasteiger partial charge on any atom is -0.369 e. The molecule has 0 radical (unpaired) electrons. The Kier molecular flexibility index (Phi) is 3.06. The lowest BCUT2D eigenvalue weighted by molar-refractivity contribution is 0.937. The molecule has 0 aromatic carbocycles. The highest BCUT2D eigenvalue weighted by atomic mass is 32.2. The molecule has 0 spiro atoms. The van der Waals surface area contributed by atoms with Gasteiger partial charge in [-0.15, -0.1) is 0 Å². The summed E-state index contributed by atoms with van der Waals surface area (Å²) in [5, 5.41) is 12.2. The highest BCUT2D eigenvalue weighted by Crippen LogP contribution is 2.46. The van der Waals surface area contributed by atoms with Gasteiger partial charge in [0.15, 0.2) is 0 Å². The van der Waals surface area contributed by atoms with Crippen molar-refractivity contribution < 1.29 is 0 Å². The summed E-state index contributed by atoms with van der Waals surface area (Å²) >= 11 is 1.92. The summed E-state index contributed by atoms with van der Waals surface area (Å²) in [7, 11) is 0. The second kappa shape index (κ2) is 4.34. The standard InChI is InChI=1S/C12H15N3S/c1-9-5-10(7-13)6-11(15-9)14-8-12(16-2)3-4-12/h5-6H,3-4,8H2,1-2H3,(H,14,15). The van der Waals surface area contributed by atoms with E-state index < -0.39 is 0 Å². The third kappa shape index (κ3) is 2.48. The van der Waals surface area contributed by atoms with Gasteiger partial charge in [0.05, 0.1) is 11.6 Å². The van der Waals surface area contributed by atoms with Gasteiger partial charge in [-0.25, -0.2) is 4.98 Å². The number of nitriles is 1. The first-order valence-corrected chi connectivity index (χ1v) is 6.58. The molecule has 1 N–H and O–H groups in total. The van der Waals surface area contributed by atoms with Gasteiger partial charge in [0, 0.05) is 17.0 Å². The zero-order valence-electron chi connectivity index (χ0n) is 9.58. The second-order valence-corrected chi connectivity index (χ2v) is 5.51. The zero-order valence-corrected chi connectivity index (χ0v) is 10.4. The van der Waals surface area contributed by atoms with Gasteiger partial charge in [0.25, 0.3) is 0 Å². The van der Waals surface area contributed by atoms with Crippen LogP contribution in [0.15, 0.2) is 12.1 Å². The van der Waals surface area contributed by atoms with Crippen molar-refractivity contribution >= 4 is 17.6 Å². The molecule has 1 aromatic heterocycles. The Balaban J connectivity index is 2.04. The van der Waals surface area contributed by atoms with E-state index in [4.69, 9.17) is 5.26 Å². The molecule has 0 amide bonds. The van der Waals surface area contributed by atoms with E-state index in [1.807, 2.05) is 24.8 Å². The van der Waals surface area contributed by atoms with Crippen molar-refractivity contribution in [1.29, 1.82) is 5.26 Å². The molecule has 2 rings (SSSR count). The van der Waals surface area contributed by atoms with E-state index in [1.165, 1.54) is 12.8 Å². The molecule has 1 aromatic rings. The van der Waals surface area contributed by atoms with Crippen LogP contribution < -0.4 is 5.32 Å². The highest BCUT2D eigenvalue weighted by molar-refractivity contribution is 8.00. The first-order chi connectivity index (χ1) is 7.67. The summed E-state index contributed by atoms with van der Waals surface area (Å²) in [5.74, 6) is 0.817. The lowest BCUT2D eigenvalue weighted by Crippen LogP contribution is -2.18. The molecule has 84 valence electrons. The van der Waals surface area contributed by atoms with Gasteiger partial charge in [-0.1, -0.05) is 0 Å². The fourth-order valence-electron chi connectivity index (χ4n) is 1.67. The molecule has 4 heteroatoms. The fraction of sp³-hybridized carbons (Fsp3) is 0.500. The predicted molar refractivity (Wildman–Crippen MR) is 67.7 cm³/mol. The summed E-state index contributed by atoms with van der Waals surface area (Å²) < 4.78 is 0.415. The van der Waals surface area contributed by atoms with Gasteiger partial charge in [0.2, 0.25) is 0 Å². The third-order valence-electron chi connectivity index (χ3n) is 2.91. The van der Waals surface area contributed by atoms with Crippen LogP contribution in [0.2, 0.25) is 0 Å². The van der Waals surface area contributed by atoms with E-state index in [1.54, 1.807) is 6.07 Å². The molecule has 1 saturated carbocycles. The van der Waals surface area contributed by atoms with E-state index in [0.29, 0.717) is 10.3 Å². The highest BCUT2D eigenvalue weighted by Gasteiger charge is 2.41. The van der Waals surface area contributed by atoms with Crippen LogP contribution in [0.5, 0.6) is 0 Å². The molecule has 1 aliphatic carbocycles. The largest absolute Gasteiger partial charge is 0.369 e. The van der Waals surface area contributed by atoms with Crippen molar-refractivity contribution in [3.8, 4) is 6.07 Å². The number of aromatic nitrogens is 1. The summed E-state index contributed by atoms with van der Waals surface area (Å²) in [4.78, 5) is 4.38. The number of anilines is 1. The smallest absolute Gasteiger partial charge is 0.127 e. The quantitative estimate of drug-likeness (QED) is 0.868.